The van der Waals surface area contributed by atoms with Crippen LogP contribution in [-0.2, 0) is 11.8 Å². The molecule has 0 saturated carbocycles. The molecule has 1 aromatic carbocycles. The molecule has 1 aliphatic rings. The number of carbonyl (C=O) groups excluding carboxylic acids is 1. The number of benzene rings is 1. The van der Waals surface area contributed by atoms with Crippen LogP contribution in [0.25, 0.3) is 17.1 Å². The van der Waals surface area contributed by atoms with Gasteiger partial charge < -0.3 is 14.2 Å². The molecule has 9 nitrogen and oxygen atoms in total. The Morgan fingerprint density at radius 1 is 1.17 bits per heavy atom. The lowest BCUT2D eigenvalue weighted by atomic mass is 10.2. The zero-order chi connectivity index (χ0) is 21.4. The molecule has 3 aromatic rings. The summed E-state index contributed by atoms with van der Waals surface area (Å²) in [5.74, 6) is -0.184. The first-order chi connectivity index (χ1) is 14.3. The van der Waals surface area contributed by atoms with Crippen LogP contribution >= 0.6 is 0 Å². The number of aromatic nitrogens is 3. The summed E-state index contributed by atoms with van der Waals surface area (Å²) in [4.78, 5) is 26.0. The summed E-state index contributed by atoms with van der Waals surface area (Å²) < 4.78 is 9.14. The molecule has 1 saturated heterocycles. The van der Waals surface area contributed by atoms with Crippen LogP contribution in [0.1, 0.15) is 24.3 Å². The van der Waals surface area contributed by atoms with Crippen LogP contribution < -0.4 is 0 Å². The Balaban J connectivity index is 1.81. The van der Waals surface area contributed by atoms with Crippen molar-refractivity contribution in [2.75, 3.05) is 13.1 Å². The van der Waals surface area contributed by atoms with Gasteiger partial charge in [-0.25, -0.2) is 4.68 Å². The van der Waals surface area contributed by atoms with Crippen molar-refractivity contribution in [2.24, 2.45) is 7.05 Å². The third kappa shape index (κ3) is 3.71. The number of nitrogens with zero attached hydrogens (tertiary/aromatic N) is 5. The molecule has 0 radical (unpaired) electrons. The summed E-state index contributed by atoms with van der Waals surface area (Å²) in [7, 11) is 1.90. The van der Waals surface area contributed by atoms with E-state index >= 15 is 0 Å². The van der Waals surface area contributed by atoms with Crippen LogP contribution in [0.5, 0.6) is 0 Å². The Morgan fingerprint density at radius 2 is 1.90 bits per heavy atom. The molecular formula is C21H23N5O4. The third-order valence-electron chi connectivity index (χ3n) is 5.13. The van der Waals surface area contributed by atoms with Crippen molar-refractivity contribution in [3.63, 3.8) is 0 Å². The molecule has 0 spiro atoms. The van der Waals surface area contributed by atoms with Crippen LogP contribution in [0.15, 0.2) is 48.7 Å². The number of non-ortho nitro benzene ring substituents is 1. The number of hydrogen-bond acceptors (Lipinski definition) is 5. The first kappa shape index (κ1) is 19.8. The molecule has 0 unspecified atom stereocenters. The highest BCUT2D eigenvalue weighted by Gasteiger charge is 2.30. The molecular weight excluding hydrogens is 386 g/mol. The third-order valence-corrected chi connectivity index (χ3v) is 5.13. The normalized spacial score (nSPS) is 19.1. The van der Waals surface area contributed by atoms with Crippen LogP contribution in [-0.4, -0.2) is 55.4 Å². The standard InChI is InChI=1S/C21H23N5O4/c1-14-12-24(13-15(2)30-14)21(27)20-11-18(19-8-5-9-23(19)3)22-25(20)16-6-4-7-17(10-16)26(28)29/h4-11,14-15H,12-13H2,1-3H3/t14-,15+. The highest BCUT2D eigenvalue weighted by Crippen LogP contribution is 2.25. The minimum Gasteiger partial charge on any atom is -0.372 e. The Labute approximate surface area is 173 Å². The smallest absolute Gasteiger partial charge is 0.272 e. The van der Waals surface area contributed by atoms with Crippen molar-refractivity contribution in [3.05, 3.63) is 64.5 Å². The first-order valence-corrected chi connectivity index (χ1v) is 9.75. The fourth-order valence-electron chi connectivity index (χ4n) is 3.83. The number of ether oxygens (including phenoxy) is 1. The number of hydrogen-bond donors (Lipinski definition) is 0. The highest BCUT2D eigenvalue weighted by molar-refractivity contribution is 5.94. The van der Waals surface area contributed by atoms with Gasteiger partial charge >= 0.3 is 0 Å². The van der Waals surface area contributed by atoms with Gasteiger partial charge in [-0.1, -0.05) is 6.07 Å². The molecule has 0 aliphatic carbocycles. The van der Waals surface area contributed by atoms with Crippen LogP contribution in [0.3, 0.4) is 0 Å². The molecule has 4 rings (SSSR count). The van der Waals surface area contributed by atoms with Crippen molar-refractivity contribution in [2.45, 2.75) is 26.1 Å². The van der Waals surface area contributed by atoms with Gasteiger partial charge in [0.25, 0.3) is 11.6 Å². The van der Waals surface area contributed by atoms with Gasteiger partial charge in [0.1, 0.15) is 11.4 Å². The summed E-state index contributed by atoms with van der Waals surface area (Å²) in [5, 5.41) is 15.9. The molecule has 9 heteroatoms. The topological polar surface area (TPSA) is 95.4 Å². The Bertz CT molecular complexity index is 1090. The lowest BCUT2D eigenvalue weighted by molar-refractivity contribution is -0.384. The molecule has 2 atom stereocenters. The van der Waals surface area contributed by atoms with E-state index in [0.717, 1.165) is 5.69 Å². The van der Waals surface area contributed by atoms with E-state index in [0.29, 0.717) is 30.2 Å². The Kier molecular flexibility index (Phi) is 5.13. The maximum Gasteiger partial charge on any atom is 0.272 e. The van der Waals surface area contributed by atoms with Crippen molar-refractivity contribution >= 4 is 11.6 Å². The second-order valence-electron chi connectivity index (χ2n) is 7.58. The second kappa shape index (κ2) is 7.75. The lowest BCUT2D eigenvalue weighted by Crippen LogP contribution is -2.48. The van der Waals surface area contributed by atoms with Gasteiger partial charge in [-0.3, -0.25) is 14.9 Å². The average Bonchev–Trinajstić information content (AvgIpc) is 3.33. The minimum atomic E-state index is -0.460. The van der Waals surface area contributed by atoms with Crippen molar-refractivity contribution in [3.8, 4) is 17.1 Å². The minimum absolute atomic E-state index is 0.0598. The van der Waals surface area contributed by atoms with Crippen LogP contribution in [0.4, 0.5) is 5.69 Å². The first-order valence-electron chi connectivity index (χ1n) is 9.75. The largest absolute Gasteiger partial charge is 0.372 e. The van der Waals surface area contributed by atoms with Gasteiger partial charge in [0.15, 0.2) is 0 Å². The van der Waals surface area contributed by atoms with Crippen LogP contribution in [0, 0.1) is 10.1 Å². The second-order valence-corrected chi connectivity index (χ2v) is 7.58. The van der Waals surface area contributed by atoms with Gasteiger partial charge in [0.05, 0.1) is 28.5 Å². The molecule has 156 valence electrons. The number of nitro groups is 1. The van der Waals surface area contributed by atoms with Crippen molar-refractivity contribution < 1.29 is 14.5 Å². The fourth-order valence-corrected chi connectivity index (χ4v) is 3.83. The van der Waals surface area contributed by atoms with E-state index in [1.165, 1.54) is 16.8 Å². The SMILES string of the molecule is C[C@@H]1CN(C(=O)c2cc(-c3cccn3C)nn2-c2cccc([N+](=O)[O-])c2)C[C@H](C)O1. The van der Waals surface area contributed by atoms with Crippen molar-refractivity contribution in [1.29, 1.82) is 0 Å². The molecule has 30 heavy (non-hydrogen) atoms. The van der Waals surface area contributed by atoms with E-state index in [4.69, 9.17) is 4.74 Å². The number of morpholine rings is 1. The number of nitro benzene ring substituents is 1. The summed E-state index contributed by atoms with van der Waals surface area (Å²) in [6, 6.07) is 11.7. The Morgan fingerprint density at radius 3 is 2.53 bits per heavy atom. The van der Waals surface area contributed by atoms with Crippen LogP contribution in [0.2, 0.25) is 0 Å². The molecule has 3 heterocycles. The lowest BCUT2D eigenvalue weighted by Gasteiger charge is -2.35. The monoisotopic (exact) mass is 409 g/mol. The maximum atomic E-state index is 13.4. The molecule has 0 N–H and O–H groups in total. The zero-order valence-corrected chi connectivity index (χ0v) is 17.1. The predicted octanol–water partition coefficient (Wildman–Crippen LogP) is 3.04. The highest BCUT2D eigenvalue weighted by atomic mass is 16.6. The molecule has 0 bridgehead atoms. The summed E-state index contributed by atoms with van der Waals surface area (Å²) in [6.07, 6.45) is 1.76. The van der Waals surface area contributed by atoms with Gasteiger partial charge in [0, 0.05) is 38.5 Å². The number of aryl methyl sites for hydroxylation is 1. The number of amides is 1. The molecule has 1 fully saturated rings. The van der Waals surface area contributed by atoms with E-state index in [-0.39, 0.29) is 23.8 Å². The molecule has 1 aliphatic heterocycles. The van der Waals surface area contributed by atoms with E-state index in [1.54, 1.807) is 23.1 Å². The Hall–Kier alpha value is -3.46. The summed E-state index contributed by atoms with van der Waals surface area (Å²) in [5.41, 5.74) is 2.22. The average molecular weight is 409 g/mol. The maximum absolute atomic E-state index is 13.4. The van der Waals surface area contributed by atoms with Gasteiger partial charge in [-0.15, -0.1) is 0 Å². The van der Waals surface area contributed by atoms with Gasteiger partial charge in [0.2, 0.25) is 0 Å². The summed E-state index contributed by atoms with van der Waals surface area (Å²) >= 11 is 0. The van der Waals surface area contributed by atoms with E-state index < -0.39 is 4.92 Å². The quantitative estimate of drug-likeness (QED) is 0.488. The summed E-state index contributed by atoms with van der Waals surface area (Å²) in [6.45, 7) is 4.82. The fraction of sp³-hybridized carbons (Fsp3) is 0.333. The molecule has 1 amide bonds. The van der Waals surface area contributed by atoms with E-state index in [1.807, 2.05) is 43.8 Å². The zero-order valence-electron chi connectivity index (χ0n) is 17.1. The van der Waals surface area contributed by atoms with E-state index in [2.05, 4.69) is 5.10 Å². The van der Waals surface area contributed by atoms with Gasteiger partial charge in [-0.05, 0) is 38.1 Å². The van der Waals surface area contributed by atoms with Crippen molar-refractivity contribution in [1.82, 2.24) is 19.2 Å². The van der Waals surface area contributed by atoms with Gasteiger partial charge in [-0.2, -0.15) is 5.10 Å². The predicted molar refractivity (Wildman–Crippen MR) is 111 cm³/mol. The molecule has 2 aromatic heterocycles. The van der Waals surface area contributed by atoms with E-state index in [9.17, 15) is 14.9 Å². The number of rotatable bonds is 4. The number of carbonyl (C=O) groups is 1.